The smallest absolute Gasteiger partial charge is 0.261 e. The Morgan fingerprint density at radius 3 is 0.966 bits per heavy atom. The van der Waals surface area contributed by atoms with Crippen molar-refractivity contribution in [3.05, 3.63) is 489 Å². The van der Waals surface area contributed by atoms with Gasteiger partial charge >= 0.3 is 0 Å². The lowest BCUT2D eigenvalue weighted by Crippen LogP contribution is -2.30. The van der Waals surface area contributed by atoms with E-state index in [4.69, 9.17) is 19.9 Å². The van der Waals surface area contributed by atoms with E-state index in [9.17, 15) is 52.7 Å². The van der Waals surface area contributed by atoms with Crippen LogP contribution in [-0.4, -0.2) is 141 Å². The van der Waals surface area contributed by atoms with Crippen molar-refractivity contribution in [1.29, 1.82) is 0 Å². The van der Waals surface area contributed by atoms with Gasteiger partial charge in [-0.15, -0.1) is 0 Å². The number of pyridine rings is 4. The third kappa shape index (κ3) is 25.3. The highest BCUT2D eigenvalue weighted by atomic mass is 16.2. The number of carbonyl (C=O) groups excluding carboxylic acids is 11. The zero-order valence-electron chi connectivity index (χ0n) is 81.9. The number of anilines is 2. The van der Waals surface area contributed by atoms with E-state index in [0.717, 1.165) is 158 Å². The van der Waals surface area contributed by atoms with Gasteiger partial charge in [-0.2, -0.15) is 0 Å². The fourth-order valence-corrected chi connectivity index (χ4v) is 17.6. The molecule has 0 N–H and O–H groups in total. The molecule has 4 aliphatic heterocycles. The summed E-state index contributed by atoms with van der Waals surface area (Å²) < 4.78 is 0. The minimum Gasteiger partial charge on any atom is -0.332 e. The van der Waals surface area contributed by atoms with Crippen molar-refractivity contribution in [1.82, 2.24) is 69.6 Å². The molecular formula is C121H100N16O11. The van der Waals surface area contributed by atoms with Crippen molar-refractivity contribution in [2.24, 2.45) is 0 Å². The summed E-state index contributed by atoms with van der Waals surface area (Å²) in [5.74, 6) is 0.584. The average molecular weight is 1950 g/mol. The third-order valence-corrected chi connectivity index (χ3v) is 25.8. The number of nitrogens with zero attached hydrogens (tertiary/aromatic N) is 16. The van der Waals surface area contributed by atoms with E-state index in [-0.39, 0.29) is 96.3 Å². The SMILES string of the molecule is C=CC(=O)N1CCCC1c1ccc(C(=O)Cc2ccc(C)c(Cc3nccc(-c4cccnc4)n3)c2)cc1.CC1=CC(=O)N(c2ccc(C(=O)Cc3ccc(C)c(Cc4nccc(-c5cccnc5)n4)c3)cc2)C1=O.Cc1ccc(CC(=O)c2ccc(CN3C(=O)C=CC3=O)cc2)cc1Cc1nccc(-c2cccnc2)n1.Cc1ccc(CC(=O)c2ccc(N3C(=O)C=CC3=O)cc2)cc1Cc1nccc(-c2cccnc2)n1. The molecule has 730 valence electrons. The number of amides is 7. The van der Waals surface area contributed by atoms with Gasteiger partial charge < -0.3 is 4.90 Å². The van der Waals surface area contributed by atoms with Crippen molar-refractivity contribution < 1.29 is 52.7 Å². The standard InChI is InChI=1S/C32H30N4O2.2C30H24N4O3.C29H22N4O3/c1-3-32(38)36-17-5-7-29(36)24-10-12-25(13-11-24)30(37)19-23-9-8-22(2)27(18-23)20-31-34-16-14-28(35-31)26-6-4-15-33-21-26;1-19-5-6-21(15-24(19)17-28-32-13-11-26(33-28)23-4-3-12-31-18-23)16-27(35)22-7-9-25(10-8-22)34-29(36)14-20(2)30(34)37;1-20-4-5-22(15-25(20)17-28-32-14-12-26(33-28)24-3-2-13-31-18-24)16-27(35)23-8-6-21(7-9-23)19-34-29(36)10-11-30(34)37;1-19-4-5-20(15-23(19)17-27-31-14-12-25(32-27)22-3-2-13-30-18-22)16-26(34)21-6-8-24(9-7-21)33-28(35)10-11-29(33)36/h3-4,6,8-16,18,21,29H,1,5,7,17,19-20H2,2H3;3-15,18H,16-17H2,1-2H3;2-15,18H,16-17,19H2,1H3;2-15,18H,16-17H2,1H3. The molecule has 1 saturated heterocycles. The topological polar surface area (TPSA) is 355 Å². The molecule has 0 aliphatic carbocycles. The summed E-state index contributed by atoms with van der Waals surface area (Å²) in [6, 6.07) is 74.8. The number of benzene rings is 8. The predicted octanol–water partition coefficient (Wildman–Crippen LogP) is 19.0. The molecule has 27 nitrogen and oxygen atoms in total. The van der Waals surface area contributed by atoms with Crippen LogP contribution in [0.5, 0.6) is 0 Å². The summed E-state index contributed by atoms with van der Waals surface area (Å²) >= 11 is 0. The zero-order valence-corrected chi connectivity index (χ0v) is 81.9. The Balaban J connectivity index is 0.000000135. The van der Waals surface area contributed by atoms with Crippen LogP contribution in [0, 0.1) is 27.7 Å². The second-order valence-corrected chi connectivity index (χ2v) is 36.1. The normalized spacial score (nSPS) is 13.4. The second-order valence-electron chi connectivity index (χ2n) is 36.1. The number of hydrogen-bond acceptors (Lipinski definition) is 23. The molecule has 148 heavy (non-hydrogen) atoms. The van der Waals surface area contributed by atoms with E-state index >= 15 is 0 Å². The summed E-state index contributed by atoms with van der Waals surface area (Å²) in [6.45, 7) is 14.3. The molecule has 8 aromatic carbocycles. The number of rotatable bonds is 30. The summed E-state index contributed by atoms with van der Waals surface area (Å²) in [7, 11) is 0. The number of Topliss-reactive ketones (excluding diaryl/α,β-unsaturated/α-hetero) is 4. The van der Waals surface area contributed by atoms with Crippen LogP contribution < -0.4 is 9.80 Å². The highest BCUT2D eigenvalue weighted by Crippen LogP contribution is 2.35. The Morgan fingerprint density at radius 1 is 0.345 bits per heavy atom. The van der Waals surface area contributed by atoms with E-state index in [0.29, 0.717) is 88.8 Å². The van der Waals surface area contributed by atoms with Crippen LogP contribution in [0.1, 0.15) is 168 Å². The molecule has 8 aromatic heterocycles. The molecule has 27 heteroatoms. The first kappa shape index (κ1) is 101. The number of hydrogen-bond donors (Lipinski definition) is 0. The molecule has 1 atom stereocenters. The van der Waals surface area contributed by atoms with Crippen LogP contribution in [0.2, 0.25) is 0 Å². The lowest BCUT2D eigenvalue weighted by atomic mass is 9.96. The van der Waals surface area contributed by atoms with Crippen LogP contribution in [0.25, 0.3) is 45.0 Å². The molecule has 1 fully saturated rings. The minimum absolute atomic E-state index is 0.00818. The lowest BCUT2D eigenvalue weighted by molar-refractivity contribution is -0.137. The summed E-state index contributed by atoms with van der Waals surface area (Å²) in [5, 5.41) is 0. The van der Waals surface area contributed by atoms with Gasteiger partial charge in [0.25, 0.3) is 35.4 Å². The van der Waals surface area contributed by atoms with Crippen LogP contribution in [0.3, 0.4) is 0 Å². The summed E-state index contributed by atoms with van der Waals surface area (Å²) in [6.07, 6.45) is 33.9. The van der Waals surface area contributed by atoms with Gasteiger partial charge in [0.1, 0.15) is 23.3 Å². The average Bonchev–Trinajstić information content (AvgIpc) is 1.64. The van der Waals surface area contributed by atoms with Gasteiger partial charge in [0.15, 0.2) is 23.1 Å². The Bertz CT molecular complexity index is 7830. The highest BCUT2D eigenvalue weighted by Gasteiger charge is 2.33. The zero-order chi connectivity index (χ0) is 103. The van der Waals surface area contributed by atoms with Gasteiger partial charge in [-0.3, -0.25) is 77.6 Å². The lowest BCUT2D eigenvalue weighted by Gasteiger charge is -2.23. The largest absolute Gasteiger partial charge is 0.332 e. The minimum atomic E-state index is -0.388. The van der Waals surface area contributed by atoms with Gasteiger partial charge in [-0.05, 0) is 253 Å². The quantitative estimate of drug-likeness (QED) is 0.0229. The van der Waals surface area contributed by atoms with Crippen molar-refractivity contribution in [3.63, 3.8) is 0 Å². The molecule has 7 amide bonds. The molecule has 0 radical (unpaired) electrons. The first-order valence-electron chi connectivity index (χ1n) is 48.2. The maximum Gasteiger partial charge on any atom is 0.261 e. The maximum atomic E-state index is 13.1. The molecule has 12 heterocycles. The van der Waals surface area contributed by atoms with Crippen molar-refractivity contribution in [2.45, 2.75) is 111 Å². The summed E-state index contributed by atoms with van der Waals surface area (Å²) in [5.41, 5.74) is 24.8. The van der Waals surface area contributed by atoms with Gasteiger partial charge in [0, 0.05) is 213 Å². The molecule has 16 aromatic rings. The molecule has 0 saturated carbocycles. The van der Waals surface area contributed by atoms with E-state index in [1.54, 1.807) is 154 Å². The third-order valence-electron chi connectivity index (χ3n) is 25.8. The second kappa shape index (κ2) is 47.0. The van der Waals surface area contributed by atoms with E-state index in [1.165, 1.54) is 41.4 Å². The van der Waals surface area contributed by atoms with Crippen LogP contribution in [0.4, 0.5) is 11.4 Å². The number of imide groups is 3. The Labute approximate surface area is 854 Å². The molecule has 0 spiro atoms. The van der Waals surface area contributed by atoms with E-state index in [1.807, 2.05) is 183 Å². The maximum absolute atomic E-state index is 13.1. The van der Waals surface area contributed by atoms with E-state index < -0.39 is 0 Å². The molecule has 4 aliphatic rings. The van der Waals surface area contributed by atoms with Crippen LogP contribution in [-0.2, 0) is 91.5 Å². The van der Waals surface area contributed by atoms with Crippen molar-refractivity contribution in [3.8, 4) is 45.0 Å². The first-order chi connectivity index (χ1) is 71.8. The highest BCUT2D eigenvalue weighted by molar-refractivity contribution is 6.30. The Hall–Kier alpha value is -18.8. The molecule has 0 bridgehead atoms. The summed E-state index contributed by atoms with van der Waals surface area (Å²) in [4.78, 5) is 194. The number of aryl methyl sites for hydroxylation is 4. The number of aromatic nitrogens is 12. The van der Waals surface area contributed by atoms with Gasteiger partial charge in [0.2, 0.25) is 5.91 Å². The molecule has 20 rings (SSSR count). The molecule has 1 unspecified atom stereocenters. The van der Waals surface area contributed by atoms with Crippen molar-refractivity contribution >= 4 is 75.9 Å². The number of carbonyl (C=O) groups is 11. The van der Waals surface area contributed by atoms with Crippen molar-refractivity contribution in [2.75, 3.05) is 16.3 Å². The van der Waals surface area contributed by atoms with Gasteiger partial charge in [-0.25, -0.2) is 49.7 Å². The number of ketones is 4. The Morgan fingerprint density at radius 2 is 0.655 bits per heavy atom. The van der Waals surface area contributed by atoms with Crippen LogP contribution in [0.15, 0.2) is 366 Å². The monoisotopic (exact) mass is 1950 g/mol. The fraction of sp³-hybridized carbons (Fsp3) is 0.149. The number of likely N-dealkylation sites (tertiary alicyclic amines) is 1. The van der Waals surface area contributed by atoms with Crippen LogP contribution >= 0.6 is 0 Å². The van der Waals surface area contributed by atoms with Gasteiger partial charge in [0.05, 0.1) is 46.7 Å². The Kier molecular flexibility index (Phi) is 32.0. The molecular weight excluding hydrogens is 1850 g/mol. The first-order valence-corrected chi connectivity index (χ1v) is 48.2. The predicted molar refractivity (Wildman–Crippen MR) is 561 cm³/mol. The fourth-order valence-electron chi connectivity index (χ4n) is 17.6. The van der Waals surface area contributed by atoms with E-state index in [2.05, 4.69) is 65.5 Å². The van der Waals surface area contributed by atoms with Gasteiger partial charge in [-0.1, -0.05) is 128 Å².